The van der Waals surface area contributed by atoms with Gasteiger partial charge in [-0.05, 0) is 63.3 Å². The highest BCUT2D eigenvalue weighted by Gasteiger charge is 2.24. The number of nitrogens with zero attached hydrogens (tertiary/aromatic N) is 3. The Bertz CT molecular complexity index is 1040. The summed E-state index contributed by atoms with van der Waals surface area (Å²) < 4.78 is 11.9. The molecule has 0 unspecified atom stereocenters. The molecular weight excluding hydrogens is 374 g/mol. The van der Waals surface area contributed by atoms with Crippen molar-refractivity contribution < 1.29 is 14.3 Å². The molecule has 1 aromatic heterocycles. The Hall–Kier alpha value is -2.64. The maximum Gasteiger partial charge on any atom is 0.260 e. The van der Waals surface area contributed by atoms with Crippen molar-refractivity contribution in [1.29, 1.82) is 0 Å². The van der Waals surface area contributed by atoms with E-state index in [1.807, 2.05) is 14.1 Å². The second kappa shape index (κ2) is 7.41. The molecule has 4 rings (SSSR count). The summed E-state index contributed by atoms with van der Waals surface area (Å²) in [4.78, 5) is 22.0. The number of ether oxygens (including phenoxy) is 2. The van der Waals surface area contributed by atoms with E-state index in [9.17, 15) is 4.79 Å². The van der Waals surface area contributed by atoms with Crippen molar-refractivity contribution in [1.82, 2.24) is 9.88 Å². The Kier molecular flexibility index (Phi) is 4.95. The lowest BCUT2D eigenvalue weighted by molar-refractivity contribution is 0.0984. The number of amides is 1. The van der Waals surface area contributed by atoms with Gasteiger partial charge in [0.2, 0.25) is 6.79 Å². The van der Waals surface area contributed by atoms with E-state index >= 15 is 0 Å². The number of benzene rings is 2. The van der Waals surface area contributed by atoms with Crippen LogP contribution in [0.5, 0.6) is 11.5 Å². The molecule has 146 valence electrons. The molecule has 0 saturated heterocycles. The van der Waals surface area contributed by atoms with Crippen molar-refractivity contribution in [3.05, 3.63) is 47.0 Å². The van der Waals surface area contributed by atoms with Gasteiger partial charge < -0.3 is 14.4 Å². The van der Waals surface area contributed by atoms with Crippen molar-refractivity contribution in [2.75, 3.05) is 38.9 Å². The lowest BCUT2D eigenvalue weighted by atomic mass is 10.1. The van der Waals surface area contributed by atoms with Crippen LogP contribution in [0.1, 0.15) is 21.5 Å². The highest BCUT2D eigenvalue weighted by atomic mass is 32.1. The van der Waals surface area contributed by atoms with Gasteiger partial charge in [0.1, 0.15) is 0 Å². The molecule has 0 N–H and O–H groups in total. The number of thiazole rings is 1. The summed E-state index contributed by atoms with van der Waals surface area (Å²) in [5.41, 5.74) is 3.89. The number of aromatic nitrogens is 1. The van der Waals surface area contributed by atoms with Crippen LogP contribution in [-0.4, -0.2) is 49.8 Å². The molecule has 0 spiro atoms. The van der Waals surface area contributed by atoms with Gasteiger partial charge in [0.25, 0.3) is 5.91 Å². The average molecular weight is 398 g/mol. The SMILES string of the molecule is Cc1ccc2sc(N(CCN(C)C)C(=O)c3ccc4c(c3)OCO4)nc2c1C. The van der Waals surface area contributed by atoms with E-state index in [2.05, 4.69) is 30.9 Å². The summed E-state index contributed by atoms with van der Waals surface area (Å²) in [6.07, 6.45) is 0. The maximum absolute atomic E-state index is 13.4. The van der Waals surface area contributed by atoms with Crippen LogP contribution in [0.4, 0.5) is 5.13 Å². The summed E-state index contributed by atoms with van der Waals surface area (Å²) in [5.74, 6) is 1.19. The second-order valence-corrected chi connectivity index (χ2v) is 8.19. The largest absolute Gasteiger partial charge is 0.454 e. The predicted octanol–water partition coefficient (Wildman–Crippen LogP) is 3.85. The molecule has 1 aliphatic rings. The molecule has 0 aliphatic carbocycles. The Morgan fingerprint density at radius 2 is 1.89 bits per heavy atom. The van der Waals surface area contributed by atoms with Crippen molar-refractivity contribution >= 4 is 32.6 Å². The van der Waals surface area contributed by atoms with Crippen LogP contribution in [0.2, 0.25) is 0 Å². The Labute approximate surface area is 168 Å². The number of carbonyl (C=O) groups excluding carboxylic acids is 1. The van der Waals surface area contributed by atoms with Crippen LogP contribution in [-0.2, 0) is 0 Å². The Morgan fingerprint density at radius 1 is 1.11 bits per heavy atom. The number of anilines is 1. The fourth-order valence-corrected chi connectivity index (χ4v) is 4.15. The lowest BCUT2D eigenvalue weighted by Gasteiger charge is -2.22. The summed E-state index contributed by atoms with van der Waals surface area (Å²) in [6, 6.07) is 9.49. The minimum Gasteiger partial charge on any atom is -0.454 e. The zero-order chi connectivity index (χ0) is 19.8. The van der Waals surface area contributed by atoms with Crippen LogP contribution in [0, 0.1) is 13.8 Å². The number of aryl methyl sites for hydroxylation is 2. The van der Waals surface area contributed by atoms with Gasteiger partial charge >= 0.3 is 0 Å². The zero-order valence-corrected chi connectivity index (χ0v) is 17.3. The number of carbonyl (C=O) groups is 1. The van der Waals surface area contributed by atoms with Gasteiger partial charge in [0, 0.05) is 18.7 Å². The molecule has 28 heavy (non-hydrogen) atoms. The van der Waals surface area contributed by atoms with Gasteiger partial charge in [-0.3, -0.25) is 9.69 Å². The smallest absolute Gasteiger partial charge is 0.260 e. The third-order valence-electron chi connectivity index (χ3n) is 4.94. The fraction of sp³-hybridized carbons (Fsp3) is 0.333. The molecule has 3 aromatic rings. The maximum atomic E-state index is 13.4. The normalized spacial score (nSPS) is 12.8. The minimum absolute atomic E-state index is 0.0893. The molecule has 0 radical (unpaired) electrons. The summed E-state index contributed by atoms with van der Waals surface area (Å²) >= 11 is 1.55. The number of rotatable bonds is 5. The van der Waals surface area contributed by atoms with E-state index in [0.717, 1.165) is 22.3 Å². The minimum atomic E-state index is -0.0893. The van der Waals surface area contributed by atoms with Crippen LogP contribution in [0.15, 0.2) is 30.3 Å². The Balaban J connectivity index is 1.72. The first kappa shape index (κ1) is 18.7. The van der Waals surface area contributed by atoms with Crippen molar-refractivity contribution in [3.63, 3.8) is 0 Å². The number of hydrogen-bond donors (Lipinski definition) is 0. The van der Waals surface area contributed by atoms with Crippen molar-refractivity contribution in [2.45, 2.75) is 13.8 Å². The molecule has 0 bridgehead atoms. The van der Waals surface area contributed by atoms with Gasteiger partial charge in [-0.25, -0.2) is 4.98 Å². The molecule has 1 amide bonds. The third-order valence-corrected chi connectivity index (χ3v) is 5.98. The molecule has 1 aliphatic heterocycles. The van der Waals surface area contributed by atoms with Crippen LogP contribution < -0.4 is 14.4 Å². The first-order valence-corrected chi connectivity index (χ1v) is 9.98. The molecule has 2 heterocycles. The van der Waals surface area contributed by atoms with E-state index in [0.29, 0.717) is 28.7 Å². The first-order chi connectivity index (χ1) is 13.4. The van der Waals surface area contributed by atoms with Gasteiger partial charge in [-0.2, -0.15) is 0 Å². The van der Waals surface area contributed by atoms with Crippen LogP contribution >= 0.6 is 11.3 Å². The fourth-order valence-electron chi connectivity index (χ4n) is 3.10. The van der Waals surface area contributed by atoms with Gasteiger partial charge in [0.15, 0.2) is 16.6 Å². The highest BCUT2D eigenvalue weighted by molar-refractivity contribution is 7.22. The molecule has 0 fully saturated rings. The average Bonchev–Trinajstić information content (AvgIpc) is 3.31. The van der Waals surface area contributed by atoms with E-state index < -0.39 is 0 Å². The zero-order valence-electron chi connectivity index (χ0n) is 16.5. The van der Waals surface area contributed by atoms with Gasteiger partial charge in [-0.15, -0.1) is 0 Å². The van der Waals surface area contributed by atoms with Crippen LogP contribution in [0.3, 0.4) is 0 Å². The quantitative estimate of drug-likeness (QED) is 0.655. The molecule has 2 aromatic carbocycles. The number of hydrogen-bond acceptors (Lipinski definition) is 6. The molecule has 7 heteroatoms. The molecule has 0 atom stereocenters. The van der Waals surface area contributed by atoms with Crippen molar-refractivity contribution in [3.8, 4) is 11.5 Å². The summed E-state index contributed by atoms with van der Waals surface area (Å²) in [6.45, 7) is 5.64. The van der Waals surface area contributed by atoms with E-state index in [1.54, 1.807) is 34.4 Å². The number of likely N-dealkylation sites (N-methyl/N-ethyl adjacent to an activating group) is 1. The van der Waals surface area contributed by atoms with Crippen molar-refractivity contribution in [2.24, 2.45) is 0 Å². The summed E-state index contributed by atoms with van der Waals surface area (Å²) in [7, 11) is 3.99. The second-order valence-electron chi connectivity index (χ2n) is 7.18. The van der Waals surface area contributed by atoms with E-state index in [4.69, 9.17) is 14.5 Å². The van der Waals surface area contributed by atoms with E-state index in [1.165, 1.54) is 5.56 Å². The first-order valence-electron chi connectivity index (χ1n) is 9.17. The number of fused-ring (bicyclic) bond motifs is 2. The van der Waals surface area contributed by atoms with Gasteiger partial charge in [0.05, 0.1) is 10.2 Å². The van der Waals surface area contributed by atoms with E-state index in [-0.39, 0.29) is 12.7 Å². The molecule has 6 nitrogen and oxygen atoms in total. The summed E-state index contributed by atoms with van der Waals surface area (Å²) in [5, 5.41) is 0.716. The Morgan fingerprint density at radius 3 is 2.68 bits per heavy atom. The monoisotopic (exact) mass is 397 g/mol. The standard InChI is InChI=1S/C21H23N3O3S/c1-13-5-8-18-19(14(13)2)22-21(28-18)24(10-9-23(3)4)20(25)15-6-7-16-17(11-15)27-12-26-16/h5-8,11H,9-10,12H2,1-4H3. The van der Waals surface area contributed by atoms with Crippen LogP contribution in [0.25, 0.3) is 10.2 Å². The predicted molar refractivity (Wildman–Crippen MR) is 112 cm³/mol. The topological polar surface area (TPSA) is 54.9 Å². The highest BCUT2D eigenvalue weighted by Crippen LogP contribution is 2.35. The third kappa shape index (κ3) is 3.43. The molecule has 0 saturated carbocycles. The van der Waals surface area contributed by atoms with Gasteiger partial charge in [-0.1, -0.05) is 17.4 Å². The molecular formula is C21H23N3O3S. The lowest BCUT2D eigenvalue weighted by Crippen LogP contribution is -2.36.